The number of nitriles is 1. The van der Waals surface area contributed by atoms with Crippen LogP contribution in [0.3, 0.4) is 0 Å². The van der Waals surface area contributed by atoms with Crippen LogP contribution in [-0.2, 0) is 26.8 Å². The van der Waals surface area contributed by atoms with E-state index in [0.717, 1.165) is 33.8 Å². The summed E-state index contributed by atoms with van der Waals surface area (Å²) in [4.78, 5) is 13.0. The molecule has 7 nitrogen and oxygen atoms in total. The third kappa shape index (κ3) is 5.37. The molecule has 3 aromatic carbocycles. The Morgan fingerprint density at radius 1 is 1.09 bits per heavy atom. The maximum atomic E-state index is 13.7. The number of methoxy groups -OCH3 is 1. The quantitative estimate of drug-likeness (QED) is 0.481. The van der Waals surface area contributed by atoms with Gasteiger partial charge in [-0.05, 0) is 60.7 Å². The Kier molecular flexibility index (Phi) is 6.92. The normalized spacial score (nSPS) is 14.2. The van der Waals surface area contributed by atoms with Gasteiger partial charge in [0.1, 0.15) is 10.6 Å². The van der Waals surface area contributed by atoms with Gasteiger partial charge in [0, 0.05) is 12.2 Å². The molecule has 0 radical (unpaired) electrons. The number of nitrogens with one attached hydrogen (secondary N) is 1. The minimum absolute atomic E-state index is 0.0133. The second-order valence-electron chi connectivity index (χ2n) is 8.73. The number of carbonyl (C=O) groups is 1. The van der Waals surface area contributed by atoms with E-state index in [0.29, 0.717) is 5.69 Å². The zero-order valence-electron chi connectivity index (χ0n) is 19.7. The molecule has 1 saturated carbocycles. The number of hydrogen-bond acceptors (Lipinski definition) is 5. The van der Waals surface area contributed by atoms with Crippen LogP contribution in [0.2, 0.25) is 0 Å². The Labute approximate surface area is 206 Å². The molecule has 0 aromatic heterocycles. The van der Waals surface area contributed by atoms with Crippen molar-refractivity contribution in [1.82, 2.24) is 4.31 Å². The number of anilines is 1. The minimum Gasteiger partial charge on any atom is -0.495 e. The van der Waals surface area contributed by atoms with E-state index in [1.807, 2.05) is 42.5 Å². The fraction of sp³-hybridized carbons (Fsp3) is 0.259. The maximum Gasteiger partial charge on any atom is 0.247 e. The first-order valence-corrected chi connectivity index (χ1v) is 12.7. The molecule has 8 heteroatoms. The predicted octanol–water partition coefficient (Wildman–Crippen LogP) is 4.39. The smallest absolute Gasteiger partial charge is 0.247 e. The number of ether oxygens (including phenoxy) is 1. The molecule has 0 unspecified atom stereocenters. The highest BCUT2D eigenvalue weighted by Gasteiger charge is 2.44. The van der Waals surface area contributed by atoms with Crippen molar-refractivity contribution in [3.8, 4) is 11.8 Å². The molecule has 0 heterocycles. The third-order valence-electron chi connectivity index (χ3n) is 6.14. The van der Waals surface area contributed by atoms with Crippen molar-refractivity contribution in [2.24, 2.45) is 0 Å². The molecule has 4 rings (SSSR count). The Hall–Kier alpha value is -3.67. The number of amides is 1. The minimum atomic E-state index is -4.06. The zero-order chi connectivity index (χ0) is 25.1. The molecule has 0 spiro atoms. The van der Waals surface area contributed by atoms with Gasteiger partial charge in [-0.2, -0.15) is 9.57 Å². The number of rotatable bonds is 9. The standard InChI is InChI=1S/C27H27N3O4S/c1-20-8-13-24(34-2)25(16-20)35(32,33)30(17-21-6-4-3-5-7-21)18-26(31)29-23-11-9-22(10-12-23)27(19-28)14-15-27/h3-13,16H,14-15,17-18H2,1-2H3,(H,29,31). The second kappa shape index (κ2) is 9.90. The highest BCUT2D eigenvalue weighted by molar-refractivity contribution is 7.89. The van der Waals surface area contributed by atoms with E-state index in [4.69, 9.17) is 4.74 Å². The van der Waals surface area contributed by atoms with Crippen LogP contribution in [0.5, 0.6) is 5.75 Å². The third-order valence-corrected chi connectivity index (χ3v) is 7.96. The van der Waals surface area contributed by atoms with Crippen LogP contribution in [0.1, 0.15) is 29.5 Å². The highest BCUT2D eigenvalue weighted by Crippen LogP contribution is 2.47. The maximum absolute atomic E-state index is 13.7. The lowest BCUT2D eigenvalue weighted by molar-refractivity contribution is -0.116. The lowest BCUT2D eigenvalue weighted by Crippen LogP contribution is -2.37. The Morgan fingerprint density at radius 3 is 2.37 bits per heavy atom. The van der Waals surface area contributed by atoms with E-state index >= 15 is 0 Å². The van der Waals surface area contributed by atoms with Gasteiger partial charge in [-0.3, -0.25) is 4.79 Å². The van der Waals surface area contributed by atoms with Crippen LogP contribution < -0.4 is 10.1 Å². The summed E-state index contributed by atoms with van der Waals surface area (Å²) < 4.78 is 33.8. The number of sulfonamides is 1. The van der Waals surface area contributed by atoms with E-state index < -0.39 is 21.3 Å². The van der Waals surface area contributed by atoms with Crippen LogP contribution in [-0.4, -0.2) is 32.3 Å². The van der Waals surface area contributed by atoms with Crippen molar-refractivity contribution in [2.75, 3.05) is 19.0 Å². The molecule has 1 N–H and O–H groups in total. The largest absolute Gasteiger partial charge is 0.495 e. The summed E-state index contributed by atoms with van der Waals surface area (Å²) >= 11 is 0. The molecule has 1 amide bonds. The van der Waals surface area contributed by atoms with Gasteiger partial charge in [-0.25, -0.2) is 8.42 Å². The van der Waals surface area contributed by atoms with E-state index in [2.05, 4.69) is 11.4 Å². The van der Waals surface area contributed by atoms with Gasteiger partial charge in [0.05, 0.1) is 25.1 Å². The summed E-state index contributed by atoms with van der Waals surface area (Å²) in [5, 5.41) is 12.2. The van der Waals surface area contributed by atoms with Gasteiger partial charge in [0.15, 0.2) is 0 Å². The lowest BCUT2D eigenvalue weighted by atomic mass is 9.98. The van der Waals surface area contributed by atoms with Crippen molar-refractivity contribution >= 4 is 21.6 Å². The molecule has 35 heavy (non-hydrogen) atoms. The van der Waals surface area contributed by atoms with Gasteiger partial charge < -0.3 is 10.1 Å². The first kappa shape index (κ1) is 24.5. The summed E-state index contributed by atoms with van der Waals surface area (Å²) in [6.45, 7) is 1.45. The SMILES string of the molecule is COc1ccc(C)cc1S(=O)(=O)N(CC(=O)Nc1ccc(C2(C#N)CC2)cc1)Cc1ccccc1. The average Bonchev–Trinajstić information content (AvgIpc) is 3.66. The van der Waals surface area contributed by atoms with Gasteiger partial charge >= 0.3 is 0 Å². The molecule has 1 fully saturated rings. The monoisotopic (exact) mass is 489 g/mol. The van der Waals surface area contributed by atoms with Crippen molar-refractivity contribution < 1.29 is 17.9 Å². The lowest BCUT2D eigenvalue weighted by Gasteiger charge is -2.23. The molecule has 1 aliphatic rings. The summed E-state index contributed by atoms with van der Waals surface area (Å²) in [5.74, 6) is -0.249. The van der Waals surface area contributed by atoms with Crippen molar-refractivity contribution in [3.63, 3.8) is 0 Å². The Morgan fingerprint density at radius 2 is 1.77 bits per heavy atom. The molecular weight excluding hydrogens is 462 g/mol. The summed E-state index contributed by atoms with van der Waals surface area (Å²) in [7, 11) is -2.65. The molecule has 0 aliphatic heterocycles. The summed E-state index contributed by atoms with van der Waals surface area (Å²) in [6, 6.07) is 23.6. The average molecular weight is 490 g/mol. The molecule has 1 aliphatic carbocycles. The van der Waals surface area contributed by atoms with Crippen molar-refractivity contribution in [1.29, 1.82) is 5.26 Å². The van der Waals surface area contributed by atoms with Gasteiger partial charge in [-0.15, -0.1) is 0 Å². The molecule has 0 saturated heterocycles. The van der Waals surface area contributed by atoms with Crippen LogP contribution >= 0.6 is 0 Å². The number of hydrogen-bond donors (Lipinski definition) is 1. The van der Waals surface area contributed by atoms with Gasteiger partial charge in [0.25, 0.3) is 0 Å². The molecule has 180 valence electrons. The highest BCUT2D eigenvalue weighted by atomic mass is 32.2. The summed E-state index contributed by atoms with van der Waals surface area (Å²) in [5.41, 5.74) is 2.58. The van der Waals surface area contributed by atoms with Crippen LogP contribution in [0, 0.1) is 18.3 Å². The topological polar surface area (TPSA) is 99.5 Å². The Bertz CT molecular complexity index is 1360. The van der Waals surface area contributed by atoms with Crippen molar-refractivity contribution in [2.45, 2.75) is 36.6 Å². The first-order valence-electron chi connectivity index (χ1n) is 11.3. The van der Waals surface area contributed by atoms with Crippen molar-refractivity contribution in [3.05, 3.63) is 89.5 Å². The zero-order valence-corrected chi connectivity index (χ0v) is 20.5. The van der Waals surface area contributed by atoms with Crippen LogP contribution in [0.25, 0.3) is 0 Å². The molecule has 0 atom stereocenters. The number of benzene rings is 3. The van der Waals surface area contributed by atoms with E-state index in [-0.39, 0.29) is 23.7 Å². The second-order valence-corrected chi connectivity index (χ2v) is 10.6. The van der Waals surface area contributed by atoms with E-state index in [9.17, 15) is 18.5 Å². The Balaban J connectivity index is 1.58. The fourth-order valence-electron chi connectivity index (χ4n) is 3.96. The van der Waals surface area contributed by atoms with Gasteiger partial charge in [-0.1, -0.05) is 48.5 Å². The fourth-order valence-corrected chi connectivity index (χ4v) is 5.59. The number of nitrogens with zero attached hydrogens (tertiary/aromatic N) is 2. The molecule has 0 bridgehead atoms. The van der Waals surface area contributed by atoms with Crippen LogP contribution in [0.4, 0.5) is 5.69 Å². The van der Waals surface area contributed by atoms with E-state index in [1.54, 1.807) is 37.3 Å². The van der Waals surface area contributed by atoms with Gasteiger partial charge in [0.2, 0.25) is 15.9 Å². The van der Waals surface area contributed by atoms with E-state index in [1.165, 1.54) is 7.11 Å². The number of aryl methyl sites for hydroxylation is 1. The summed E-state index contributed by atoms with van der Waals surface area (Å²) in [6.07, 6.45) is 1.67. The first-order chi connectivity index (χ1) is 16.8. The van der Waals surface area contributed by atoms with Crippen LogP contribution in [0.15, 0.2) is 77.7 Å². The predicted molar refractivity (Wildman–Crippen MR) is 133 cm³/mol. The molecule has 3 aromatic rings. The number of carbonyl (C=O) groups excluding carboxylic acids is 1. The molecular formula is C27H27N3O4S.